The molecule has 4 rings (SSSR count). The van der Waals surface area contributed by atoms with Crippen LogP contribution in [0.3, 0.4) is 0 Å². The predicted octanol–water partition coefficient (Wildman–Crippen LogP) is 4.21. The Balaban J connectivity index is 1.56. The van der Waals surface area contributed by atoms with Crippen molar-refractivity contribution in [3.63, 3.8) is 0 Å². The first-order valence-corrected chi connectivity index (χ1v) is 12.5. The zero-order valence-electron chi connectivity index (χ0n) is 15.1. The summed E-state index contributed by atoms with van der Waals surface area (Å²) in [4.78, 5) is 0. The van der Waals surface area contributed by atoms with Crippen LogP contribution in [0.1, 0.15) is 38.5 Å². The van der Waals surface area contributed by atoms with Crippen LogP contribution in [0, 0.1) is 11.8 Å². The maximum absolute atomic E-state index is 9.81. The normalized spacial score (nSPS) is 27.1. The molecule has 2 aliphatic rings. The molecule has 2 fully saturated rings. The molecule has 1 heterocycles. The van der Waals surface area contributed by atoms with E-state index in [0.717, 1.165) is 24.7 Å². The average molecular weight is 351 g/mol. The molecule has 1 saturated carbocycles. The second kappa shape index (κ2) is 7.47. The minimum absolute atomic E-state index is 0.0260. The molecule has 0 radical (unpaired) electrons. The van der Waals surface area contributed by atoms with Crippen molar-refractivity contribution in [3.8, 4) is 0 Å². The molecule has 1 aliphatic carbocycles. The lowest BCUT2D eigenvalue weighted by atomic mass is 9.76. The minimum Gasteiger partial charge on any atom is -0.393 e. The summed E-state index contributed by atoms with van der Waals surface area (Å²) >= 11 is 0. The molecule has 0 amide bonds. The first-order chi connectivity index (χ1) is 12.3. The Morgan fingerprint density at radius 1 is 0.600 bits per heavy atom. The van der Waals surface area contributed by atoms with Crippen molar-refractivity contribution in [1.29, 1.82) is 0 Å². The van der Waals surface area contributed by atoms with Crippen molar-refractivity contribution in [2.24, 2.45) is 11.8 Å². The van der Waals surface area contributed by atoms with Crippen LogP contribution < -0.4 is 10.4 Å². The van der Waals surface area contributed by atoms with Gasteiger partial charge in [-0.3, -0.25) is 0 Å². The van der Waals surface area contributed by atoms with Gasteiger partial charge < -0.3 is 5.11 Å². The fourth-order valence-electron chi connectivity index (χ4n) is 5.44. The van der Waals surface area contributed by atoms with Gasteiger partial charge in [0.1, 0.15) is 8.07 Å². The van der Waals surface area contributed by atoms with Gasteiger partial charge in [-0.2, -0.15) is 0 Å². The van der Waals surface area contributed by atoms with Gasteiger partial charge in [0.05, 0.1) is 6.10 Å². The third-order valence-corrected chi connectivity index (χ3v) is 12.1. The third-order valence-electron chi connectivity index (χ3n) is 6.94. The standard InChI is InChI=1S/C23H30OSi/c24-21-13-11-19(12-14-21)20-15-17-25(18-16-20,22-7-3-1-4-8-22)23-9-5-2-6-10-23/h1-10,19-21,24H,11-18H2. The number of rotatable bonds is 3. The zero-order valence-corrected chi connectivity index (χ0v) is 16.1. The molecule has 2 aromatic carbocycles. The van der Waals surface area contributed by atoms with Crippen LogP contribution in [-0.4, -0.2) is 19.3 Å². The molecule has 0 atom stereocenters. The Labute approximate surface area is 153 Å². The maximum Gasteiger partial charge on any atom is 0.118 e. The number of aliphatic hydroxyl groups excluding tert-OH is 1. The molecular formula is C23H30OSi. The van der Waals surface area contributed by atoms with Gasteiger partial charge in [0.2, 0.25) is 0 Å². The summed E-state index contributed by atoms with van der Waals surface area (Å²) in [5.74, 6) is 1.75. The lowest BCUT2D eigenvalue weighted by Gasteiger charge is -2.43. The van der Waals surface area contributed by atoms with E-state index in [0.29, 0.717) is 0 Å². The van der Waals surface area contributed by atoms with Crippen molar-refractivity contribution < 1.29 is 5.11 Å². The SMILES string of the molecule is OC1CCC(C2CC[Si](c3ccccc3)(c3ccccc3)CC2)CC1. The maximum atomic E-state index is 9.81. The Morgan fingerprint density at radius 3 is 1.52 bits per heavy atom. The highest BCUT2D eigenvalue weighted by molar-refractivity contribution is 7.02. The van der Waals surface area contributed by atoms with E-state index in [4.69, 9.17) is 0 Å². The van der Waals surface area contributed by atoms with Gasteiger partial charge in [0.15, 0.2) is 0 Å². The van der Waals surface area contributed by atoms with Gasteiger partial charge in [-0.05, 0) is 49.6 Å². The van der Waals surface area contributed by atoms with Gasteiger partial charge in [0, 0.05) is 0 Å². The van der Waals surface area contributed by atoms with Gasteiger partial charge in [-0.25, -0.2) is 0 Å². The second-order valence-electron chi connectivity index (χ2n) is 8.22. The summed E-state index contributed by atoms with van der Waals surface area (Å²) in [5, 5.41) is 13.1. The third kappa shape index (κ3) is 3.47. The number of hydrogen-bond donors (Lipinski definition) is 1. The highest BCUT2D eigenvalue weighted by Gasteiger charge is 2.42. The minimum atomic E-state index is -1.60. The molecule has 0 aromatic heterocycles. The molecule has 2 aromatic rings. The van der Waals surface area contributed by atoms with E-state index in [1.54, 1.807) is 10.4 Å². The number of hydrogen-bond acceptors (Lipinski definition) is 1. The van der Waals surface area contributed by atoms with Crippen LogP contribution in [0.15, 0.2) is 60.7 Å². The summed E-state index contributed by atoms with van der Waals surface area (Å²) in [6.45, 7) is 0. The second-order valence-corrected chi connectivity index (χ2v) is 12.5. The summed E-state index contributed by atoms with van der Waals surface area (Å²) in [5.41, 5.74) is 0. The fourth-order valence-corrected chi connectivity index (χ4v) is 10.6. The molecular weight excluding hydrogens is 320 g/mol. The van der Waals surface area contributed by atoms with E-state index in [1.807, 2.05) is 0 Å². The van der Waals surface area contributed by atoms with Gasteiger partial charge in [-0.1, -0.05) is 83.9 Å². The van der Waals surface area contributed by atoms with Gasteiger partial charge in [-0.15, -0.1) is 0 Å². The van der Waals surface area contributed by atoms with Crippen molar-refractivity contribution in [1.82, 2.24) is 0 Å². The summed E-state index contributed by atoms with van der Waals surface area (Å²) in [7, 11) is -1.60. The van der Waals surface area contributed by atoms with Crippen LogP contribution >= 0.6 is 0 Å². The molecule has 0 unspecified atom stereocenters. The molecule has 2 heteroatoms. The van der Waals surface area contributed by atoms with E-state index in [9.17, 15) is 5.11 Å². The number of aliphatic hydroxyl groups is 1. The lowest BCUT2D eigenvalue weighted by molar-refractivity contribution is 0.0881. The molecule has 132 valence electrons. The quantitative estimate of drug-likeness (QED) is 0.822. The molecule has 0 bridgehead atoms. The monoisotopic (exact) mass is 350 g/mol. The average Bonchev–Trinajstić information content (AvgIpc) is 2.70. The summed E-state index contributed by atoms with van der Waals surface area (Å²) in [6, 6.07) is 25.5. The largest absolute Gasteiger partial charge is 0.393 e. The van der Waals surface area contributed by atoms with E-state index < -0.39 is 8.07 Å². The molecule has 0 spiro atoms. The molecule has 1 N–H and O–H groups in total. The summed E-state index contributed by atoms with van der Waals surface area (Å²) in [6.07, 6.45) is 7.30. The van der Waals surface area contributed by atoms with Gasteiger partial charge >= 0.3 is 0 Å². The Morgan fingerprint density at radius 2 is 1.04 bits per heavy atom. The topological polar surface area (TPSA) is 20.2 Å². The molecule has 1 saturated heterocycles. The smallest absolute Gasteiger partial charge is 0.118 e. The van der Waals surface area contributed by atoms with E-state index in [-0.39, 0.29) is 6.10 Å². The van der Waals surface area contributed by atoms with Crippen molar-refractivity contribution in [2.75, 3.05) is 0 Å². The Hall–Kier alpha value is -1.38. The highest BCUT2D eigenvalue weighted by Crippen LogP contribution is 2.41. The number of benzene rings is 2. The van der Waals surface area contributed by atoms with Gasteiger partial charge in [0.25, 0.3) is 0 Å². The van der Waals surface area contributed by atoms with E-state index >= 15 is 0 Å². The van der Waals surface area contributed by atoms with Crippen molar-refractivity contribution in [2.45, 2.75) is 56.7 Å². The Bertz CT molecular complexity index is 612. The zero-order chi connectivity index (χ0) is 17.1. The van der Waals surface area contributed by atoms with Crippen molar-refractivity contribution >= 4 is 18.4 Å². The first-order valence-electron chi connectivity index (χ1n) is 10.1. The van der Waals surface area contributed by atoms with E-state index in [2.05, 4.69) is 60.7 Å². The van der Waals surface area contributed by atoms with Crippen LogP contribution in [0.5, 0.6) is 0 Å². The fraction of sp³-hybridized carbons (Fsp3) is 0.478. The molecule has 25 heavy (non-hydrogen) atoms. The molecule has 1 nitrogen and oxygen atoms in total. The lowest BCUT2D eigenvalue weighted by Crippen LogP contribution is -2.60. The molecule has 1 aliphatic heterocycles. The van der Waals surface area contributed by atoms with Crippen LogP contribution in [0.4, 0.5) is 0 Å². The van der Waals surface area contributed by atoms with Crippen LogP contribution in [0.25, 0.3) is 0 Å². The van der Waals surface area contributed by atoms with Crippen molar-refractivity contribution in [3.05, 3.63) is 60.7 Å². The predicted molar refractivity (Wildman–Crippen MR) is 108 cm³/mol. The summed E-state index contributed by atoms with van der Waals surface area (Å²) < 4.78 is 0. The Kier molecular flexibility index (Phi) is 5.09. The van der Waals surface area contributed by atoms with Crippen LogP contribution in [0.2, 0.25) is 12.1 Å². The van der Waals surface area contributed by atoms with Crippen LogP contribution in [-0.2, 0) is 0 Å². The first kappa shape index (κ1) is 17.1. The highest BCUT2D eigenvalue weighted by atomic mass is 28.3. The van der Waals surface area contributed by atoms with E-state index in [1.165, 1.54) is 37.8 Å².